The van der Waals surface area contributed by atoms with E-state index in [1.54, 1.807) is 4.90 Å². The normalized spacial score (nSPS) is 18.0. The average molecular weight is 184 g/mol. The topological polar surface area (TPSA) is 63.4 Å². The molecule has 74 valence electrons. The first-order valence-corrected chi connectivity index (χ1v) is 4.76. The number of carbonyl (C=O) groups excluding carboxylic acids is 2. The molecule has 2 amide bonds. The van der Waals surface area contributed by atoms with Crippen molar-refractivity contribution in [2.45, 2.75) is 32.1 Å². The number of amides is 2. The highest BCUT2D eigenvalue weighted by molar-refractivity contribution is 5.96. The van der Waals surface area contributed by atoms with Crippen molar-refractivity contribution in [3.05, 3.63) is 0 Å². The second kappa shape index (κ2) is 4.84. The van der Waals surface area contributed by atoms with E-state index in [1.165, 1.54) is 12.8 Å². The Bertz CT molecular complexity index is 196. The largest absolute Gasteiger partial charge is 0.369 e. The molecule has 0 saturated carbocycles. The third-order valence-electron chi connectivity index (χ3n) is 2.28. The lowest BCUT2D eigenvalue weighted by atomic mass is 10.2. The highest BCUT2D eigenvalue weighted by Gasteiger charge is 2.16. The van der Waals surface area contributed by atoms with Crippen molar-refractivity contribution in [3.8, 4) is 0 Å². The Labute approximate surface area is 78.1 Å². The summed E-state index contributed by atoms with van der Waals surface area (Å²) < 4.78 is 0. The summed E-state index contributed by atoms with van der Waals surface area (Å²) in [5.74, 6) is -0.649. The summed E-state index contributed by atoms with van der Waals surface area (Å²) in [4.78, 5) is 23.6. The fraction of sp³-hybridized carbons (Fsp3) is 0.778. The van der Waals surface area contributed by atoms with E-state index in [-0.39, 0.29) is 12.3 Å². The minimum Gasteiger partial charge on any atom is -0.369 e. The Kier molecular flexibility index (Phi) is 3.73. The molecule has 0 aromatic carbocycles. The van der Waals surface area contributed by atoms with Gasteiger partial charge >= 0.3 is 0 Å². The number of hydrogen-bond acceptors (Lipinski definition) is 2. The third-order valence-corrected chi connectivity index (χ3v) is 2.28. The molecular weight excluding hydrogens is 168 g/mol. The fourth-order valence-corrected chi connectivity index (χ4v) is 1.58. The van der Waals surface area contributed by atoms with E-state index in [0.717, 1.165) is 25.9 Å². The quantitative estimate of drug-likeness (QED) is 0.626. The lowest BCUT2D eigenvalue weighted by Gasteiger charge is -2.19. The molecule has 13 heavy (non-hydrogen) atoms. The number of rotatable bonds is 2. The zero-order chi connectivity index (χ0) is 9.68. The molecule has 0 aromatic rings. The van der Waals surface area contributed by atoms with Gasteiger partial charge in [-0.1, -0.05) is 12.8 Å². The van der Waals surface area contributed by atoms with Crippen molar-refractivity contribution < 1.29 is 9.59 Å². The van der Waals surface area contributed by atoms with Crippen LogP contribution in [-0.4, -0.2) is 29.8 Å². The van der Waals surface area contributed by atoms with Crippen molar-refractivity contribution in [1.29, 1.82) is 0 Å². The van der Waals surface area contributed by atoms with Crippen LogP contribution in [0.4, 0.5) is 0 Å². The number of carbonyl (C=O) groups is 2. The van der Waals surface area contributed by atoms with Gasteiger partial charge in [0.1, 0.15) is 6.42 Å². The van der Waals surface area contributed by atoms with E-state index in [2.05, 4.69) is 0 Å². The van der Waals surface area contributed by atoms with Gasteiger partial charge in [0.25, 0.3) is 0 Å². The van der Waals surface area contributed by atoms with E-state index in [4.69, 9.17) is 5.73 Å². The van der Waals surface area contributed by atoms with Gasteiger partial charge in [0.2, 0.25) is 11.8 Å². The summed E-state index contributed by atoms with van der Waals surface area (Å²) in [6, 6.07) is 0. The van der Waals surface area contributed by atoms with Crippen LogP contribution in [-0.2, 0) is 9.59 Å². The molecule has 1 rings (SSSR count). The third kappa shape index (κ3) is 3.44. The molecule has 1 saturated heterocycles. The zero-order valence-electron chi connectivity index (χ0n) is 7.79. The summed E-state index contributed by atoms with van der Waals surface area (Å²) in [6.45, 7) is 1.57. The summed E-state index contributed by atoms with van der Waals surface area (Å²) in [7, 11) is 0. The molecule has 0 atom stereocenters. The van der Waals surface area contributed by atoms with E-state index >= 15 is 0 Å². The maximum absolute atomic E-state index is 11.4. The van der Waals surface area contributed by atoms with Gasteiger partial charge in [-0.2, -0.15) is 0 Å². The Morgan fingerprint density at radius 2 is 1.62 bits per heavy atom. The lowest BCUT2D eigenvalue weighted by molar-refractivity contribution is -0.135. The molecule has 0 unspecified atom stereocenters. The molecule has 1 fully saturated rings. The van der Waals surface area contributed by atoms with Crippen molar-refractivity contribution in [1.82, 2.24) is 4.90 Å². The molecular formula is C9H16N2O2. The van der Waals surface area contributed by atoms with Crippen molar-refractivity contribution in [3.63, 3.8) is 0 Å². The van der Waals surface area contributed by atoms with E-state index < -0.39 is 5.91 Å². The highest BCUT2D eigenvalue weighted by Crippen LogP contribution is 2.10. The summed E-state index contributed by atoms with van der Waals surface area (Å²) in [5.41, 5.74) is 4.95. The molecule has 1 heterocycles. The first-order valence-electron chi connectivity index (χ1n) is 4.76. The number of nitrogens with two attached hydrogens (primary N) is 1. The molecule has 1 aliphatic rings. The van der Waals surface area contributed by atoms with Gasteiger partial charge in [0.05, 0.1) is 0 Å². The van der Waals surface area contributed by atoms with Gasteiger partial charge in [-0.05, 0) is 12.8 Å². The van der Waals surface area contributed by atoms with Crippen LogP contribution in [0.25, 0.3) is 0 Å². The van der Waals surface area contributed by atoms with Gasteiger partial charge in [-0.3, -0.25) is 9.59 Å². The molecule has 0 aromatic heterocycles. The Morgan fingerprint density at radius 3 is 2.08 bits per heavy atom. The van der Waals surface area contributed by atoms with E-state index in [0.29, 0.717) is 0 Å². The Hall–Kier alpha value is -1.06. The first-order chi connectivity index (χ1) is 6.20. The van der Waals surface area contributed by atoms with Crippen LogP contribution < -0.4 is 5.73 Å². The van der Waals surface area contributed by atoms with E-state index in [1.807, 2.05) is 0 Å². The van der Waals surface area contributed by atoms with Gasteiger partial charge in [-0.25, -0.2) is 0 Å². The minimum atomic E-state index is -0.533. The molecule has 0 spiro atoms. The predicted octanol–water partition coefficient (Wildman–Crippen LogP) is 0.264. The van der Waals surface area contributed by atoms with Crippen LogP contribution in [0, 0.1) is 0 Å². The van der Waals surface area contributed by atoms with Crippen molar-refractivity contribution in [2.24, 2.45) is 5.73 Å². The maximum Gasteiger partial charge on any atom is 0.231 e. The highest BCUT2D eigenvalue weighted by atomic mass is 16.2. The van der Waals surface area contributed by atoms with Crippen molar-refractivity contribution in [2.75, 3.05) is 13.1 Å². The van der Waals surface area contributed by atoms with Crippen LogP contribution in [0.5, 0.6) is 0 Å². The minimum absolute atomic E-state index is 0.116. The number of primary amides is 1. The fourth-order valence-electron chi connectivity index (χ4n) is 1.58. The standard InChI is InChI=1S/C9H16N2O2/c10-8(12)7-9(13)11-5-3-1-2-4-6-11/h1-7H2,(H2,10,12). The van der Waals surface area contributed by atoms with Gasteiger partial charge in [0.15, 0.2) is 0 Å². The Balaban J connectivity index is 2.39. The first kappa shape index (κ1) is 10.0. The van der Waals surface area contributed by atoms with Gasteiger partial charge in [-0.15, -0.1) is 0 Å². The van der Waals surface area contributed by atoms with Crippen LogP contribution in [0.15, 0.2) is 0 Å². The maximum atomic E-state index is 11.4. The number of hydrogen-bond donors (Lipinski definition) is 1. The van der Waals surface area contributed by atoms with Gasteiger partial charge in [0, 0.05) is 13.1 Å². The second-order valence-electron chi connectivity index (χ2n) is 3.44. The summed E-state index contributed by atoms with van der Waals surface area (Å²) >= 11 is 0. The van der Waals surface area contributed by atoms with E-state index in [9.17, 15) is 9.59 Å². The molecule has 0 bridgehead atoms. The second-order valence-corrected chi connectivity index (χ2v) is 3.44. The number of likely N-dealkylation sites (tertiary alicyclic amines) is 1. The van der Waals surface area contributed by atoms with Crippen LogP contribution in [0.1, 0.15) is 32.1 Å². The van der Waals surface area contributed by atoms with Crippen LogP contribution >= 0.6 is 0 Å². The molecule has 2 N–H and O–H groups in total. The smallest absolute Gasteiger partial charge is 0.231 e. The van der Waals surface area contributed by atoms with Crippen LogP contribution in [0.2, 0.25) is 0 Å². The van der Waals surface area contributed by atoms with Gasteiger partial charge < -0.3 is 10.6 Å². The summed E-state index contributed by atoms with van der Waals surface area (Å²) in [5, 5.41) is 0. The lowest BCUT2D eigenvalue weighted by Crippen LogP contribution is -2.34. The SMILES string of the molecule is NC(=O)CC(=O)N1CCCCCC1. The monoisotopic (exact) mass is 184 g/mol. The molecule has 0 aliphatic carbocycles. The summed E-state index contributed by atoms with van der Waals surface area (Å²) in [6.07, 6.45) is 4.32. The molecule has 4 nitrogen and oxygen atoms in total. The number of nitrogens with zero attached hydrogens (tertiary/aromatic N) is 1. The molecule has 1 aliphatic heterocycles. The van der Waals surface area contributed by atoms with Crippen LogP contribution in [0.3, 0.4) is 0 Å². The van der Waals surface area contributed by atoms with Crippen molar-refractivity contribution >= 4 is 11.8 Å². The Morgan fingerprint density at radius 1 is 1.08 bits per heavy atom. The average Bonchev–Trinajstić information content (AvgIpc) is 2.29. The molecule has 4 heteroatoms. The zero-order valence-corrected chi connectivity index (χ0v) is 7.79. The molecule has 0 radical (unpaired) electrons. The predicted molar refractivity (Wildman–Crippen MR) is 48.9 cm³/mol.